The van der Waals surface area contributed by atoms with Crippen LogP contribution in [0.4, 0.5) is 0 Å². The monoisotopic (exact) mass is 294 g/mol. The molecular weight excluding hydrogens is 272 g/mol. The SMILES string of the molecule is CN1CCN(S(=O)(=O)c2ccccc2)C2(CCCC2)C1. The molecule has 1 spiro atoms. The number of hydrogen-bond acceptors (Lipinski definition) is 3. The molecule has 0 amide bonds. The summed E-state index contributed by atoms with van der Waals surface area (Å²) in [6, 6.07) is 8.86. The van der Waals surface area contributed by atoms with Crippen LogP contribution in [0.5, 0.6) is 0 Å². The predicted octanol–water partition coefficient (Wildman–Crippen LogP) is 1.94. The zero-order valence-electron chi connectivity index (χ0n) is 12.0. The van der Waals surface area contributed by atoms with Crippen molar-refractivity contribution in [3.8, 4) is 0 Å². The van der Waals surface area contributed by atoms with Gasteiger partial charge in [-0.15, -0.1) is 0 Å². The first-order chi connectivity index (χ1) is 9.55. The van der Waals surface area contributed by atoms with Gasteiger partial charge in [0.1, 0.15) is 0 Å². The maximum atomic E-state index is 13.0. The summed E-state index contributed by atoms with van der Waals surface area (Å²) < 4.78 is 27.7. The largest absolute Gasteiger partial charge is 0.303 e. The Morgan fingerprint density at radius 3 is 2.35 bits per heavy atom. The van der Waals surface area contributed by atoms with E-state index in [1.807, 2.05) is 6.07 Å². The van der Waals surface area contributed by atoms with Crippen molar-refractivity contribution >= 4 is 10.0 Å². The van der Waals surface area contributed by atoms with Crippen LogP contribution in [-0.4, -0.2) is 49.8 Å². The lowest BCUT2D eigenvalue weighted by molar-refractivity contribution is 0.0765. The zero-order valence-corrected chi connectivity index (χ0v) is 12.8. The average Bonchev–Trinajstić information content (AvgIpc) is 2.88. The Balaban J connectivity index is 1.99. The molecule has 1 aliphatic heterocycles. The third-order valence-corrected chi connectivity index (χ3v) is 6.66. The fourth-order valence-electron chi connectivity index (χ4n) is 3.69. The second kappa shape index (κ2) is 5.13. The molecule has 0 unspecified atom stereocenters. The molecule has 2 aliphatic rings. The Labute approximate surface area is 121 Å². The molecule has 1 aromatic rings. The highest BCUT2D eigenvalue weighted by Crippen LogP contribution is 2.40. The maximum absolute atomic E-state index is 13.0. The summed E-state index contributed by atoms with van der Waals surface area (Å²) in [5, 5.41) is 0. The lowest BCUT2D eigenvalue weighted by Crippen LogP contribution is -2.61. The van der Waals surface area contributed by atoms with Crippen molar-refractivity contribution in [2.24, 2.45) is 0 Å². The molecule has 0 aromatic heterocycles. The minimum absolute atomic E-state index is 0.179. The molecule has 0 N–H and O–H groups in total. The number of likely N-dealkylation sites (N-methyl/N-ethyl adjacent to an activating group) is 1. The van der Waals surface area contributed by atoms with Gasteiger partial charge in [-0.05, 0) is 32.0 Å². The second-order valence-corrected chi connectivity index (χ2v) is 7.92. The number of benzene rings is 1. The zero-order chi connectivity index (χ0) is 14.2. The van der Waals surface area contributed by atoms with Crippen molar-refractivity contribution in [2.45, 2.75) is 36.1 Å². The third kappa shape index (κ3) is 2.28. The van der Waals surface area contributed by atoms with Crippen molar-refractivity contribution in [1.82, 2.24) is 9.21 Å². The van der Waals surface area contributed by atoms with Crippen LogP contribution < -0.4 is 0 Å². The number of rotatable bonds is 2. The Hall–Kier alpha value is -0.910. The van der Waals surface area contributed by atoms with Crippen LogP contribution in [0.15, 0.2) is 35.2 Å². The Bertz CT molecular complexity index is 565. The molecule has 1 aliphatic carbocycles. The molecule has 1 aromatic carbocycles. The van der Waals surface area contributed by atoms with Gasteiger partial charge >= 0.3 is 0 Å². The van der Waals surface area contributed by atoms with Crippen molar-refractivity contribution in [1.29, 1.82) is 0 Å². The molecule has 5 heteroatoms. The standard InChI is InChI=1S/C15H22N2O2S/c1-16-11-12-17(15(13-16)9-5-6-10-15)20(18,19)14-7-3-2-4-8-14/h2-4,7-8H,5-6,9-13H2,1H3. The molecule has 0 bridgehead atoms. The minimum atomic E-state index is -3.37. The van der Waals surface area contributed by atoms with E-state index in [9.17, 15) is 8.42 Å². The second-order valence-electron chi connectivity index (χ2n) is 6.06. The maximum Gasteiger partial charge on any atom is 0.243 e. The van der Waals surface area contributed by atoms with E-state index in [1.165, 1.54) is 0 Å². The van der Waals surface area contributed by atoms with E-state index in [2.05, 4.69) is 11.9 Å². The first-order valence-corrected chi connectivity index (χ1v) is 8.75. The first kappa shape index (κ1) is 14.0. The Kier molecular flexibility index (Phi) is 3.60. The van der Waals surface area contributed by atoms with Gasteiger partial charge in [0, 0.05) is 25.2 Å². The van der Waals surface area contributed by atoms with Gasteiger partial charge in [-0.25, -0.2) is 8.42 Å². The quantitative estimate of drug-likeness (QED) is 0.837. The summed E-state index contributed by atoms with van der Waals surface area (Å²) >= 11 is 0. The third-order valence-electron chi connectivity index (χ3n) is 4.64. The molecule has 1 saturated carbocycles. The first-order valence-electron chi connectivity index (χ1n) is 7.31. The lowest BCUT2D eigenvalue weighted by atomic mass is 9.95. The fourth-order valence-corrected chi connectivity index (χ4v) is 5.52. The van der Waals surface area contributed by atoms with E-state index < -0.39 is 10.0 Å². The summed E-state index contributed by atoms with van der Waals surface area (Å²) in [5.74, 6) is 0. The fraction of sp³-hybridized carbons (Fsp3) is 0.600. The predicted molar refractivity (Wildman–Crippen MR) is 79.0 cm³/mol. The normalized spacial score (nSPS) is 24.2. The summed E-state index contributed by atoms with van der Waals surface area (Å²) in [6.07, 6.45) is 4.25. The van der Waals surface area contributed by atoms with Gasteiger partial charge in [-0.2, -0.15) is 4.31 Å². The Morgan fingerprint density at radius 1 is 1.05 bits per heavy atom. The number of nitrogens with zero attached hydrogens (tertiary/aromatic N) is 2. The van der Waals surface area contributed by atoms with Gasteiger partial charge in [0.25, 0.3) is 0 Å². The van der Waals surface area contributed by atoms with Crippen molar-refractivity contribution in [2.75, 3.05) is 26.7 Å². The van der Waals surface area contributed by atoms with E-state index in [1.54, 1.807) is 28.6 Å². The molecule has 2 fully saturated rings. The minimum Gasteiger partial charge on any atom is -0.303 e. The van der Waals surface area contributed by atoms with Gasteiger partial charge < -0.3 is 4.90 Å². The van der Waals surface area contributed by atoms with Gasteiger partial charge in [-0.1, -0.05) is 31.0 Å². The van der Waals surface area contributed by atoms with Crippen LogP contribution in [0.3, 0.4) is 0 Å². The van der Waals surface area contributed by atoms with Crippen LogP contribution in [0.1, 0.15) is 25.7 Å². The molecule has 20 heavy (non-hydrogen) atoms. The summed E-state index contributed by atoms with van der Waals surface area (Å²) in [5.41, 5.74) is -0.179. The van der Waals surface area contributed by atoms with Gasteiger partial charge in [0.15, 0.2) is 0 Å². The van der Waals surface area contributed by atoms with Gasteiger partial charge in [0.2, 0.25) is 10.0 Å². The van der Waals surface area contributed by atoms with Crippen LogP contribution in [0.25, 0.3) is 0 Å². The summed E-state index contributed by atoms with van der Waals surface area (Å²) in [6.45, 7) is 2.28. The van der Waals surface area contributed by atoms with Crippen molar-refractivity contribution < 1.29 is 8.42 Å². The molecule has 1 heterocycles. The van der Waals surface area contributed by atoms with E-state index >= 15 is 0 Å². The van der Waals surface area contributed by atoms with Gasteiger partial charge in [0.05, 0.1) is 4.90 Å². The molecule has 4 nitrogen and oxygen atoms in total. The van der Waals surface area contributed by atoms with Crippen LogP contribution in [0.2, 0.25) is 0 Å². The van der Waals surface area contributed by atoms with Crippen molar-refractivity contribution in [3.05, 3.63) is 30.3 Å². The van der Waals surface area contributed by atoms with E-state index in [0.717, 1.165) is 38.8 Å². The van der Waals surface area contributed by atoms with Crippen molar-refractivity contribution in [3.63, 3.8) is 0 Å². The number of hydrogen-bond donors (Lipinski definition) is 0. The topological polar surface area (TPSA) is 40.6 Å². The molecular formula is C15H22N2O2S. The number of sulfonamides is 1. The number of piperazine rings is 1. The summed E-state index contributed by atoms with van der Waals surface area (Å²) in [4.78, 5) is 2.69. The smallest absolute Gasteiger partial charge is 0.243 e. The van der Waals surface area contributed by atoms with Crippen LogP contribution >= 0.6 is 0 Å². The molecule has 1 saturated heterocycles. The average molecular weight is 294 g/mol. The Morgan fingerprint density at radius 2 is 1.70 bits per heavy atom. The highest BCUT2D eigenvalue weighted by atomic mass is 32.2. The van der Waals surface area contributed by atoms with Crippen LogP contribution in [-0.2, 0) is 10.0 Å². The summed E-state index contributed by atoms with van der Waals surface area (Å²) in [7, 11) is -1.28. The molecule has 0 atom stereocenters. The van der Waals surface area contributed by atoms with E-state index in [0.29, 0.717) is 11.4 Å². The highest BCUT2D eigenvalue weighted by Gasteiger charge is 2.48. The van der Waals surface area contributed by atoms with E-state index in [-0.39, 0.29) is 5.54 Å². The van der Waals surface area contributed by atoms with E-state index in [4.69, 9.17) is 0 Å². The van der Waals surface area contributed by atoms with Crippen LogP contribution in [0, 0.1) is 0 Å². The highest BCUT2D eigenvalue weighted by molar-refractivity contribution is 7.89. The van der Waals surface area contributed by atoms with Gasteiger partial charge in [-0.3, -0.25) is 0 Å². The molecule has 0 radical (unpaired) electrons. The molecule has 110 valence electrons. The molecule has 3 rings (SSSR count). The lowest BCUT2D eigenvalue weighted by Gasteiger charge is -2.47.